The molecular weight excluding hydrogens is 948 g/mol. The van der Waals surface area contributed by atoms with E-state index >= 15 is 0 Å². The second-order valence-corrected chi connectivity index (χ2v) is 24.4. The summed E-state index contributed by atoms with van der Waals surface area (Å²) >= 11 is 0. The van der Waals surface area contributed by atoms with Crippen LogP contribution in [0.2, 0.25) is 0 Å². The van der Waals surface area contributed by atoms with Crippen molar-refractivity contribution in [3.63, 3.8) is 0 Å². The lowest BCUT2D eigenvalue weighted by molar-refractivity contribution is -0.438. The van der Waals surface area contributed by atoms with E-state index in [4.69, 9.17) is 19.0 Å². The molecule has 0 saturated carbocycles. The van der Waals surface area contributed by atoms with Crippen molar-refractivity contribution in [1.82, 2.24) is 4.67 Å². The Balaban J connectivity index is 1.13. The first-order chi connectivity index (χ1) is 35.0. The number of nitrogens with zero attached hydrogens (tertiary/aromatic N) is 4. The fourth-order valence-electron chi connectivity index (χ4n) is 11.1. The number of hydrogen-bond donors (Lipinski definition) is 1. The lowest BCUT2D eigenvalue weighted by atomic mass is 9.78. The summed E-state index contributed by atoms with van der Waals surface area (Å²) in [6.45, 7) is 20.6. The van der Waals surface area contributed by atoms with Gasteiger partial charge in [0.2, 0.25) is 5.69 Å². The standard InChI is InChI=1S/C61H79N4O6PS/c1-46(2)65(47(3)4)72(70-44-25-40-62)69-43-22-12-10-9-11-20-41-64-55-37-34-48-26-16-17-31-52(48)58(55)61(7,8)57(64)39-36-50-28-24-27-49(59(50)71-51-29-14-13-15-30-51)35-38-56-60(5,6)53-32-18-19-33-54(53)63(56)42-21-23-45-73(66,67)68/h13-19,26,29-39,46-47H,9-12,20-25,27-28,41-45H2,1-8H3/p+1. The predicted molar refractivity (Wildman–Crippen MR) is 301 cm³/mol. The number of rotatable bonds is 26. The Morgan fingerprint density at radius 2 is 1.47 bits per heavy atom. The summed E-state index contributed by atoms with van der Waals surface area (Å²) in [5.41, 5.74) is 9.26. The Kier molecular flexibility index (Phi) is 19.5. The van der Waals surface area contributed by atoms with Gasteiger partial charge in [-0.05, 0) is 150 Å². The highest BCUT2D eigenvalue weighted by molar-refractivity contribution is 7.85. The topological polar surface area (TPSA) is 115 Å². The molecule has 0 radical (unpaired) electrons. The van der Waals surface area contributed by atoms with E-state index in [0.29, 0.717) is 51.1 Å². The summed E-state index contributed by atoms with van der Waals surface area (Å²) < 4.78 is 56.9. The molecule has 0 bridgehead atoms. The average Bonchev–Trinajstić information content (AvgIpc) is 3.71. The number of benzene rings is 4. The minimum Gasteiger partial charge on any atom is -0.457 e. The molecule has 0 amide bonds. The maximum atomic E-state index is 11.6. The zero-order valence-corrected chi connectivity index (χ0v) is 46.5. The van der Waals surface area contributed by atoms with Gasteiger partial charge in [-0.25, -0.2) is 4.67 Å². The number of hydrogen-bond acceptors (Lipinski definition) is 8. The molecule has 1 aliphatic carbocycles. The molecule has 1 unspecified atom stereocenters. The van der Waals surface area contributed by atoms with E-state index in [1.54, 1.807) is 0 Å². The molecule has 10 nitrogen and oxygen atoms in total. The van der Waals surface area contributed by atoms with Gasteiger partial charge >= 0.3 is 0 Å². The molecule has 1 atom stereocenters. The number of allylic oxidation sites excluding steroid dienone is 7. The van der Waals surface area contributed by atoms with Crippen LogP contribution < -0.4 is 9.64 Å². The van der Waals surface area contributed by atoms with E-state index in [1.807, 2.05) is 30.3 Å². The van der Waals surface area contributed by atoms with Crippen LogP contribution in [-0.2, 0) is 30.0 Å². The molecule has 0 fully saturated rings. The van der Waals surface area contributed by atoms with Gasteiger partial charge in [0.05, 0.1) is 36.9 Å². The van der Waals surface area contributed by atoms with Crippen molar-refractivity contribution < 1.29 is 31.3 Å². The van der Waals surface area contributed by atoms with Gasteiger partial charge in [0.1, 0.15) is 18.1 Å². The van der Waals surface area contributed by atoms with E-state index in [1.165, 1.54) is 38.9 Å². The molecule has 2 aliphatic heterocycles. The number of fused-ring (bicyclic) bond motifs is 4. The molecule has 390 valence electrons. The van der Waals surface area contributed by atoms with Crippen molar-refractivity contribution in [2.75, 3.05) is 37.0 Å². The van der Waals surface area contributed by atoms with Gasteiger partial charge in [-0.2, -0.15) is 18.3 Å². The van der Waals surface area contributed by atoms with Crippen molar-refractivity contribution in [3.8, 4) is 11.8 Å². The molecule has 73 heavy (non-hydrogen) atoms. The normalized spacial score (nSPS) is 18.0. The van der Waals surface area contributed by atoms with Crippen LogP contribution in [0.4, 0.5) is 11.4 Å². The first-order valence-electron chi connectivity index (χ1n) is 26.8. The van der Waals surface area contributed by atoms with Crippen LogP contribution in [0.3, 0.4) is 0 Å². The Morgan fingerprint density at radius 3 is 2.21 bits per heavy atom. The molecule has 7 rings (SSSR count). The zero-order valence-electron chi connectivity index (χ0n) is 44.8. The van der Waals surface area contributed by atoms with E-state index in [9.17, 15) is 13.0 Å². The van der Waals surface area contributed by atoms with Crippen LogP contribution >= 0.6 is 8.53 Å². The van der Waals surface area contributed by atoms with E-state index in [2.05, 4.69) is 161 Å². The Morgan fingerprint density at radius 1 is 0.781 bits per heavy atom. The van der Waals surface area contributed by atoms with Crippen molar-refractivity contribution in [3.05, 3.63) is 149 Å². The molecule has 0 saturated heterocycles. The van der Waals surface area contributed by atoms with Crippen LogP contribution in [-0.4, -0.2) is 72.1 Å². The highest BCUT2D eigenvalue weighted by Gasteiger charge is 2.45. The molecule has 4 aromatic carbocycles. The van der Waals surface area contributed by atoms with Crippen molar-refractivity contribution >= 4 is 46.5 Å². The van der Waals surface area contributed by atoms with Crippen LogP contribution in [0, 0.1) is 11.3 Å². The van der Waals surface area contributed by atoms with Crippen molar-refractivity contribution in [2.45, 2.75) is 155 Å². The van der Waals surface area contributed by atoms with Crippen LogP contribution in [0.15, 0.2) is 138 Å². The third-order valence-electron chi connectivity index (χ3n) is 14.6. The minimum absolute atomic E-state index is 0.244. The zero-order chi connectivity index (χ0) is 52.2. The Hall–Kier alpha value is -4.92. The minimum atomic E-state index is -4.02. The molecule has 3 aliphatic rings. The quantitative estimate of drug-likeness (QED) is 0.0284. The summed E-state index contributed by atoms with van der Waals surface area (Å²) in [5, 5.41) is 11.6. The second-order valence-electron chi connectivity index (χ2n) is 21.3. The fourth-order valence-corrected chi connectivity index (χ4v) is 13.3. The highest BCUT2D eigenvalue weighted by Crippen LogP contribution is 2.49. The third kappa shape index (κ3) is 13.9. The van der Waals surface area contributed by atoms with E-state index in [-0.39, 0.29) is 16.6 Å². The fraction of sp³-hybridized carbons (Fsp3) is 0.475. The van der Waals surface area contributed by atoms with Crippen molar-refractivity contribution in [2.24, 2.45) is 0 Å². The van der Waals surface area contributed by atoms with Gasteiger partial charge in [-0.1, -0.05) is 99.8 Å². The third-order valence-corrected chi connectivity index (χ3v) is 17.5. The van der Waals surface area contributed by atoms with Gasteiger partial charge in [0.15, 0.2) is 5.71 Å². The van der Waals surface area contributed by atoms with Crippen LogP contribution in [0.5, 0.6) is 5.75 Å². The van der Waals surface area contributed by atoms with Gasteiger partial charge in [0, 0.05) is 59.6 Å². The van der Waals surface area contributed by atoms with E-state index in [0.717, 1.165) is 92.8 Å². The molecular formula is C61H80N4O6PS+. The van der Waals surface area contributed by atoms with Gasteiger partial charge in [0.25, 0.3) is 18.6 Å². The molecule has 0 aromatic heterocycles. The van der Waals surface area contributed by atoms with Crippen LogP contribution in [0.1, 0.15) is 144 Å². The number of nitriles is 1. The first kappa shape index (κ1) is 55.8. The monoisotopic (exact) mass is 1030 g/mol. The number of unbranched alkanes of at least 4 members (excludes halogenated alkanes) is 6. The van der Waals surface area contributed by atoms with Crippen molar-refractivity contribution in [1.29, 1.82) is 5.26 Å². The second kappa shape index (κ2) is 25.5. The van der Waals surface area contributed by atoms with Gasteiger partial charge < -0.3 is 18.7 Å². The SMILES string of the molecule is CC(C)N(C(C)C)P(OCCC#N)OCCCCCCCC[N+]1=C(/C=C/C2=C(Oc3ccccc3)C(=C/C=C3\N(CCCCS(=O)(=O)O)c4ccccc4C3(C)C)/CCC2)C(C)(C)c2c1ccc1ccccc21. The first-order valence-corrected chi connectivity index (χ1v) is 29.5. The summed E-state index contributed by atoms with van der Waals surface area (Å²) in [5.74, 6) is 1.46. The highest BCUT2D eigenvalue weighted by atomic mass is 32.2. The lowest BCUT2D eigenvalue weighted by Crippen LogP contribution is -2.33. The summed E-state index contributed by atoms with van der Waals surface area (Å²) in [4.78, 5) is 2.33. The van der Waals surface area contributed by atoms with E-state index < -0.39 is 18.6 Å². The summed E-state index contributed by atoms with van der Waals surface area (Å²) in [7, 11) is -5.23. The van der Waals surface area contributed by atoms with Gasteiger partial charge in [-0.15, -0.1) is 0 Å². The average molecular weight is 1030 g/mol. The molecule has 0 spiro atoms. The molecule has 1 N–H and O–H groups in total. The predicted octanol–water partition coefficient (Wildman–Crippen LogP) is 15.2. The Bertz CT molecular complexity index is 2830. The Labute approximate surface area is 438 Å². The number of ether oxygens (including phenoxy) is 1. The van der Waals surface area contributed by atoms with Crippen LogP contribution in [0.25, 0.3) is 10.8 Å². The maximum Gasteiger partial charge on any atom is 0.264 e. The smallest absolute Gasteiger partial charge is 0.264 e. The van der Waals surface area contributed by atoms with Gasteiger partial charge in [-0.3, -0.25) is 4.55 Å². The lowest BCUT2D eigenvalue weighted by Gasteiger charge is -2.35. The molecule has 2 heterocycles. The molecule has 12 heteroatoms. The molecule has 4 aromatic rings. The summed E-state index contributed by atoms with van der Waals surface area (Å²) in [6, 6.07) is 34.8. The summed E-state index contributed by atoms with van der Waals surface area (Å²) in [6.07, 6.45) is 20.0. The maximum absolute atomic E-state index is 11.6. The number of para-hydroxylation sites is 2. The number of anilines is 1. The largest absolute Gasteiger partial charge is 0.457 e.